The SMILES string of the molecule is O=C(O)CCCCNC(=O)c1cccc2c1CCNC2. The lowest BCUT2D eigenvalue weighted by Gasteiger charge is -2.19. The lowest BCUT2D eigenvalue weighted by Crippen LogP contribution is -2.30. The Balaban J connectivity index is 1.88. The number of amides is 1. The highest BCUT2D eigenvalue weighted by Gasteiger charge is 2.16. The van der Waals surface area contributed by atoms with Crippen LogP contribution in [0, 0.1) is 0 Å². The number of carbonyl (C=O) groups is 2. The zero-order valence-corrected chi connectivity index (χ0v) is 11.4. The molecule has 0 aliphatic carbocycles. The quantitative estimate of drug-likeness (QED) is 0.685. The lowest BCUT2D eigenvalue weighted by molar-refractivity contribution is -0.137. The van der Waals surface area contributed by atoms with Crippen LogP contribution in [0.5, 0.6) is 0 Å². The Morgan fingerprint density at radius 3 is 2.95 bits per heavy atom. The molecule has 0 atom stereocenters. The molecule has 0 bridgehead atoms. The van der Waals surface area contributed by atoms with Gasteiger partial charge in [-0.2, -0.15) is 0 Å². The van der Waals surface area contributed by atoms with E-state index in [9.17, 15) is 9.59 Å². The third-order valence-corrected chi connectivity index (χ3v) is 3.49. The Hall–Kier alpha value is -1.88. The summed E-state index contributed by atoms with van der Waals surface area (Å²) < 4.78 is 0. The predicted molar refractivity (Wildman–Crippen MR) is 75.7 cm³/mol. The molecule has 0 fully saturated rings. The number of benzene rings is 1. The third-order valence-electron chi connectivity index (χ3n) is 3.49. The zero-order valence-electron chi connectivity index (χ0n) is 11.4. The van der Waals surface area contributed by atoms with Crippen molar-refractivity contribution in [3.8, 4) is 0 Å². The summed E-state index contributed by atoms with van der Waals surface area (Å²) in [5, 5.41) is 14.7. The Bertz CT molecular complexity index is 500. The molecule has 2 rings (SSSR count). The van der Waals surface area contributed by atoms with Crippen molar-refractivity contribution in [1.82, 2.24) is 10.6 Å². The van der Waals surface area contributed by atoms with E-state index in [2.05, 4.69) is 10.6 Å². The second-order valence-corrected chi connectivity index (χ2v) is 4.98. The molecule has 5 heteroatoms. The molecule has 0 saturated heterocycles. The summed E-state index contributed by atoms with van der Waals surface area (Å²) in [4.78, 5) is 22.6. The molecule has 0 aromatic heterocycles. The lowest BCUT2D eigenvalue weighted by atomic mass is 9.95. The molecule has 0 radical (unpaired) electrons. The fraction of sp³-hybridized carbons (Fsp3) is 0.467. The van der Waals surface area contributed by atoms with E-state index in [1.54, 1.807) is 0 Å². The Kier molecular flexibility index (Phi) is 5.12. The van der Waals surface area contributed by atoms with Crippen molar-refractivity contribution in [2.24, 2.45) is 0 Å². The van der Waals surface area contributed by atoms with Crippen LogP contribution in [0.4, 0.5) is 0 Å². The second-order valence-electron chi connectivity index (χ2n) is 4.98. The number of carbonyl (C=O) groups excluding carboxylic acids is 1. The zero-order chi connectivity index (χ0) is 14.4. The minimum absolute atomic E-state index is 0.0564. The maximum absolute atomic E-state index is 12.2. The summed E-state index contributed by atoms with van der Waals surface area (Å²) in [7, 11) is 0. The summed E-state index contributed by atoms with van der Waals surface area (Å²) in [5.74, 6) is -0.847. The van der Waals surface area contributed by atoms with E-state index in [0.717, 1.165) is 30.6 Å². The fourth-order valence-corrected chi connectivity index (χ4v) is 2.44. The van der Waals surface area contributed by atoms with Gasteiger partial charge >= 0.3 is 5.97 Å². The maximum atomic E-state index is 12.2. The van der Waals surface area contributed by atoms with Gasteiger partial charge in [0.25, 0.3) is 5.91 Å². The van der Waals surface area contributed by atoms with Gasteiger partial charge in [0.2, 0.25) is 0 Å². The van der Waals surface area contributed by atoms with Crippen molar-refractivity contribution in [2.75, 3.05) is 13.1 Å². The molecule has 5 nitrogen and oxygen atoms in total. The number of fused-ring (bicyclic) bond motifs is 1. The van der Waals surface area contributed by atoms with Crippen LogP contribution in [0.25, 0.3) is 0 Å². The molecule has 1 aromatic rings. The van der Waals surface area contributed by atoms with E-state index < -0.39 is 5.97 Å². The van der Waals surface area contributed by atoms with Crippen LogP contribution in [-0.2, 0) is 17.8 Å². The topological polar surface area (TPSA) is 78.4 Å². The van der Waals surface area contributed by atoms with Crippen LogP contribution in [-0.4, -0.2) is 30.1 Å². The second kappa shape index (κ2) is 7.05. The van der Waals surface area contributed by atoms with Crippen molar-refractivity contribution in [1.29, 1.82) is 0 Å². The molecule has 0 saturated carbocycles. The number of carboxylic acid groups (broad SMARTS) is 1. The summed E-state index contributed by atoms with van der Waals surface area (Å²) in [6.45, 7) is 2.24. The molecule has 108 valence electrons. The van der Waals surface area contributed by atoms with E-state index in [4.69, 9.17) is 5.11 Å². The predicted octanol–water partition coefficient (Wildman–Crippen LogP) is 1.32. The highest BCUT2D eigenvalue weighted by atomic mass is 16.4. The van der Waals surface area contributed by atoms with Crippen LogP contribution < -0.4 is 10.6 Å². The number of carboxylic acids is 1. The molecule has 1 heterocycles. The molecular formula is C15H20N2O3. The molecule has 1 aromatic carbocycles. The summed E-state index contributed by atoms with van der Waals surface area (Å²) in [5.41, 5.74) is 3.08. The van der Waals surface area contributed by atoms with Gasteiger partial charge in [0.15, 0.2) is 0 Å². The molecule has 20 heavy (non-hydrogen) atoms. The molecular weight excluding hydrogens is 256 g/mol. The Morgan fingerprint density at radius 2 is 2.15 bits per heavy atom. The first kappa shape index (κ1) is 14.5. The van der Waals surface area contributed by atoms with Gasteiger partial charge in [-0.3, -0.25) is 9.59 Å². The van der Waals surface area contributed by atoms with Crippen LogP contribution in [0.1, 0.15) is 40.7 Å². The van der Waals surface area contributed by atoms with Crippen molar-refractivity contribution in [2.45, 2.75) is 32.2 Å². The van der Waals surface area contributed by atoms with Crippen LogP contribution in [0.15, 0.2) is 18.2 Å². The average Bonchev–Trinajstić information content (AvgIpc) is 2.45. The molecule has 3 N–H and O–H groups in total. The van der Waals surface area contributed by atoms with Crippen LogP contribution >= 0.6 is 0 Å². The maximum Gasteiger partial charge on any atom is 0.303 e. The van der Waals surface area contributed by atoms with Crippen LogP contribution in [0.2, 0.25) is 0 Å². The molecule has 1 aliphatic heterocycles. The van der Waals surface area contributed by atoms with Crippen molar-refractivity contribution in [3.63, 3.8) is 0 Å². The summed E-state index contributed by atoms with van der Waals surface area (Å²) in [6.07, 6.45) is 2.31. The van der Waals surface area contributed by atoms with Gasteiger partial charge in [0.1, 0.15) is 0 Å². The number of aliphatic carboxylic acids is 1. The highest BCUT2D eigenvalue weighted by Crippen LogP contribution is 2.18. The van der Waals surface area contributed by atoms with Crippen molar-refractivity contribution in [3.05, 3.63) is 34.9 Å². The smallest absolute Gasteiger partial charge is 0.303 e. The van der Waals surface area contributed by atoms with Crippen molar-refractivity contribution >= 4 is 11.9 Å². The van der Waals surface area contributed by atoms with E-state index in [1.165, 1.54) is 5.56 Å². The number of hydrogen-bond acceptors (Lipinski definition) is 3. The molecule has 1 amide bonds. The normalized spacial score (nSPS) is 13.6. The minimum Gasteiger partial charge on any atom is -0.481 e. The first-order valence-electron chi connectivity index (χ1n) is 7.00. The number of unbranched alkanes of at least 4 members (excludes halogenated alkanes) is 1. The molecule has 0 spiro atoms. The Morgan fingerprint density at radius 1 is 1.30 bits per heavy atom. The van der Waals surface area contributed by atoms with Gasteiger partial charge < -0.3 is 15.7 Å². The first-order chi connectivity index (χ1) is 9.68. The van der Waals surface area contributed by atoms with Gasteiger partial charge in [-0.05, 0) is 43.0 Å². The summed E-state index contributed by atoms with van der Waals surface area (Å²) >= 11 is 0. The van der Waals surface area contributed by atoms with E-state index in [1.807, 2.05) is 18.2 Å². The van der Waals surface area contributed by atoms with E-state index >= 15 is 0 Å². The number of hydrogen-bond donors (Lipinski definition) is 3. The standard InChI is InChI=1S/C15H20N2O3/c18-14(19)6-1-2-8-17-15(20)13-5-3-4-11-10-16-9-7-12(11)13/h3-5,16H,1-2,6-10H2,(H,17,20)(H,18,19). The third kappa shape index (κ3) is 3.81. The Labute approximate surface area is 118 Å². The number of rotatable bonds is 6. The van der Waals surface area contributed by atoms with Gasteiger partial charge in [0.05, 0.1) is 0 Å². The van der Waals surface area contributed by atoms with E-state index in [0.29, 0.717) is 19.4 Å². The van der Waals surface area contributed by atoms with Crippen LogP contribution in [0.3, 0.4) is 0 Å². The van der Waals surface area contributed by atoms with Gasteiger partial charge in [-0.25, -0.2) is 0 Å². The van der Waals surface area contributed by atoms with E-state index in [-0.39, 0.29) is 12.3 Å². The van der Waals surface area contributed by atoms with Gasteiger partial charge in [-0.1, -0.05) is 12.1 Å². The monoisotopic (exact) mass is 276 g/mol. The number of nitrogens with one attached hydrogen (secondary N) is 2. The molecule has 0 unspecified atom stereocenters. The average molecular weight is 276 g/mol. The summed E-state index contributed by atoms with van der Waals surface area (Å²) in [6, 6.07) is 5.81. The van der Waals surface area contributed by atoms with Gasteiger partial charge in [-0.15, -0.1) is 0 Å². The van der Waals surface area contributed by atoms with Gasteiger partial charge in [0, 0.05) is 25.1 Å². The fourth-order valence-electron chi connectivity index (χ4n) is 2.44. The molecule has 1 aliphatic rings. The minimum atomic E-state index is -0.791. The van der Waals surface area contributed by atoms with Crippen molar-refractivity contribution < 1.29 is 14.7 Å². The first-order valence-corrected chi connectivity index (χ1v) is 7.00. The largest absolute Gasteiger partial charge is 0.481 e. The highest BCUT2D eigenvalue weighted by molar-refractivity contribution is 5.96.